The molecule has 70 valence electrons. The molecule has 0 amide bonds. The highest BCUT2D eigenvalue weighted by Gasteiger charge is 2.08. The van der Waals surface area contributed by atoms with E-state index >= 15 is 0 Å². The molecule has 0 atom stereocenters. The van der Waals surface area contributed by atoms with Crippen LogP contribution in [0.3, 0.4) is 0 Å². The predicted molar refractivity (Wildman–Crippen MR) is 52.5 cm³/mol. The Morgan fingerprint density at radius 2 is 2.07 bits per heavy atom. The summed E-state index contributed by atoms with van der Waals surface area (Å²) in [5, 5.41) is 0.445. The Morgan fingerprint density at radius 3 is 2.79 bits per heavy atom. The maximum atomic E-state index is 11.4. The lowest BCUT2D eigenvalue weighted by molar-refractivity contribution is 0.101. The van der Waals surface area contributed by atoms with E-state index in [1.165, 1.54) is 19.3 Å². The van der Waals surface area contributed by atoms with Gasteiger partial charge in [0.25, 0.3) is 0 Å². The molecule has 0 spiro atoms. The smallest absolute Gasteiger partial charge is 0.192 e. The molecule has 0 aliphatic rings. The van der Waals surface area contributed by atoms with Gasteiger partial charge in [-0.25, -0.2) is 0 Å². The van der Waals surface area contributed by atoms with Crippen molar-refractivity contribution >= 4 is 16.8 Å². The lowest BCUT2D eigenvalue weighted by Crippen LogP contribution is -2.01. The predicted octanol–water partition coefficient (Wildman–Crippen LogP) is 2.00. The van der Waals surface area contributed by atoms with Crippen molar-refractivity contribution in [2.24, 2.45) is 0 Å². The summed E-state index contributed by atoms with van der Waals surface area (Å²) in [4.78, 5) is 22.6. The molecule has 2 rings (SSSR count). The molecule has 1 aromatic heterocycles. The Bertz CT molecular complexity index is 552. The van der Waals surface area contributed by atoms with Crippen molar-refractivity contribution in [3.05, 3.63) is 46.3 Å². The molecule has 0 radical (unpaired) electrons. The van der Waals surface area contributed by atoms with Crippen LogP contribution < -0.4 is 5.43 Å². The molecular weight excluding hydrogens is 180 g/mol. The van der Waals surface area contributed by atoms with E-state index in [1.807, 2.05) is 0 Å². The zero-order chi connectivity index (χ0) is 10.1. The first-order valence-electron chi connectivity index (χ1n) is 4.21. The number of hydrogen-bond acceptors (Lipinski definition) is 3. The average molecular weight is 188 g/mol. The fourth-order valence-electron chi connectivity index (χ4n) is 1.39. The second-order valence-electron chi connectivity index (χ2n) is 3.02. The second-order valence-corrected chi connectivity index (χ2v) is 3.02. The molecule has 0 N–H and O–H groups in total. The van der Waals surface area contributed by atoms with E-state index < -0.39 is 0 Å². The van der Waals surface area contributed by atoms with Crippen LogP contribution in [0.5, 0.6) is 0 Å². The minimum absolute atomic E-state index is 0.107. The standard InChI is InChI=1S/C11H8O3/c1-7(12)8-3-2-4-9-10(13)5-6-14-11(8)9/h2-6H,1H3. The zero-order valence-electron chi connectivity index (χ0n) is 7.61. The van der Waals surface area contributed by atoms with Crippen molar-refractivity contribution in [2.45, 2.75) is 6.92 Å². The van der Waals surface area contributed by atoms with Gasteiger partial charge in [-0.15, -0.1) is 0 Å². The van der Waals surface area contributed by atoms with Crippen molar-refractivity contribution in [2.75, 3.05) is 0 Å². The fraction of sp³-hybridized carbons (Fsp3) is 0.0909. The first-order valence-corrected chi connectivity index (χ1v) is 4.21. The van der Waals surface area contributed by atoms with E-state index in [4.69, 9.17) is 4.42 Å². The van der Waals surface area contributed by atoms with Crippen molar-refractivity contribution in [1.82, 2.24) is 0 Å². The molecule has 0 unspecified atom stereocenters. The van der Waals surface area contributed by atoms with Crippen LogP contribution in [0.15, 0.2) is 39.7 Å². The Hall–Kier alpha value is -1.90. The van der Waals surface area contributed by atoms with Crippen LogP contribution in [0.2, 0.25) is 0 Å². The van der Waals surface area contributed by atoms with Crippen LogP contribution in [-0.4, -0.2) is 5.78 Å². The van der Waals surface area contributed by atoms with Gasteiger partial charge in [0.1, 0.15) is 5.58 Å². The van der Waals surface area contributed by atoms with Crippen LogP contribution >= 0.6 is 0 Å². The number of hydrogen-bond donors (Lipinski definition) is 0. The van der Waals surface area contributed by atoms with Crippen LogP contribution in [0, 0.1) is 0 Å². The number of para-hydroxylation sites is 1. The van der Waals surface area contributed by atoms with Gasteiger partial charge in [-0.2, -0.15) is 0 Å². The number of Topliss-reactive ketones (excluding diaryl/α,β-unsaturated/α-hetero) is 1. The van der Waals surface area contributed by atoms with E-state index in [9.17, 15) is 9.59 Å². The quantitative estimate of drug-likeness (QED) is 0.643. The zero-order valence-corrected chi connectivity index (χ0v) is 7.61. The van der Waals surface area contributed by atoms with Crippen molar-refractivity contribution < 1.29 is 9.21 Å². The van der Waals surface area contributed by atoms with Gasteiger partial charge in [-0.1, -0.05) is 6.07 Å². The summed E-state index contributed by atoms with van der Waals surface area (Å²) in [7, 11) is 0. The highest BCUT2D eigenvalue weighted by atomic mass is 16.3. The highest BCUT2D eigenvalue weighted by Crippen LogP contribution is 2.15. The van der Waals surface area contributed by atoms with Gasteiger partial charge in [-0.3, -0.25) is 9.59 Å². The summed E-state index contributed by atoms with van der Waals surface area (Å²) in [6.07, 6.45) is 1.30. The SMILES string of the molecule is CC(=O)c1cccc2c(=O)ccoc12. The molecular formula is C11H8O3. The first kappa shape index (κ1) is 8.69. The highest BCUT2D eigenvalue weighted by molar-refractivity contribution is 6.04. The summed E-state index contributed by atoms with van der Waals surface area (Å²) in [6.45, 7) is 1.45. The molecule has 0 bridgehead atoms. The maximum Gasteiger partial charge on any atom is 0.192 e. The second kappa shape index (κ2) is 3.10. The fourth-order valence-corrected chi connectivity index (χ4v) is 1.39. The van der Waals surface area contributed by atoms with E-state index in [0.717, 1.165) is 0 Å². The lowest BCUT2D eigenvalue weighted by atomic mass is 10.1. The lowest BCUT2D eigenvalue weighted by Gasteiger charge is -1.99. The summed E-state index contributed by atoms with van der Waals surface area (Å²) >= 11 is 0. The Morgan fingerprint density at radius 1 is 1.29 bits per heavy atom. The third-order valence-electron chi connectivity index (χ3n) is 2.07. The molecule has 0 aliphatic heterocycles. The van der Waals surface area contributed by atoms with Crippen molar-refractivity contribution in [3.63, 3.8) is 0 Å². The van der Waals surface area contributed by atoms with Crippen LogP contribution in [0.25, 0.3) is 11.0 Å². The monoisotopic (exact) mass is 188 g/mol. The molecule has 1 heterocycles. The van der Waals surface area contributed by atoms with Gasteiger partial charge in [0.05, 0.1) is 17.2 Å². The molecule has 2 aromatic rings. The number of benzene rings is 1. The number of carbonyl (C=O) groups is 1. The van der Waals surface area contributed by atoms with E-state index in [-0.39, 0.29) is 11.2 Å². The molecule has 1 aromatic carbocycles. The third kappa shape index (κ3) is 1.23. The van der Waals surface area contributed by atoms with Crippen LogP contribution in [-0.2, 0) is 0 Å². The topological polar surface area (TPSA) is 47.3 Å². The summed E-state index contributed by atoms with van der Waals surface area (Å²) in [5.41, 5.74) is 0.682. The van der Waals surface area contributed by atoms with E-state index in [1.54, 1.807) is 18.2 Å². The van der Waals surface area contributed by atoms with Crippen LogP contribution in [0.4, 0.5) is 0 Å². The van der Waals surface area contributed by atoms with Crippen molar-refractivity contribution in [3.8, 4) is 0 Å². The van der Waals surface area contributed by atoms with E-state index in [2.05, 4.69) is 0 Å². The molecule has 14 heavy (non-hydrogen) atoms. The summed E-state index contributed by atoms with van der Waals surface area (Å²) in [5.74, 6) is -0.107. The maximum absolute atomic E-state index is 11.4. The van der Waals surface area contributed by atoms with Gasteiger partial charge in [0, 0.05) is 6.07 Å². The third-order valence-corrected chi connectivity index (χ3v) is 2.07. The molecule has 0 aliphatic carbocycles. The van der Waals surface area contributed by atoms with Crippen LogP contribution in [0.1, 0.15) is 17.3 Å². The Balaban J connectivity index is 2.95. The van der Waals surface area contributed by atoms with Crippen molar-refractivity contribution in [1.29, 1.82) is 0 Å². The largest absolute Gasteiger partial charge is 0.463 e. The Labute approximate surface area is 80.0 Å². The number of rotatable bonds is 1. The number of ketones is 1. The van der Waals surface area contributed by atoms with E-state index in [0.29, 0.717) is 16.5 Å². The van der Waals surface area contributed by atoms with Gasteiger partial charge < -0.3 is 4.42 Å². The average Bonchev–Trinajstić information content (AvgIpc) is 2.17. The first-order chi connectivity index (χ1) is 6.70. The summed E-state index contributed by atoms with van der Waals surface area (Å²) in [6, 6.07) is 6.31. The van der Waals surface area contributed by atoms with Gasteiger partial charge in [0.2, 0.25) is 0 Å². The minimum atomic E-state index is -0.130. The number of fused-ring (bicyclic) bond motifs is 1. The molecule has 0 saturated carbocycles. The molecule has 0 saturated heterocycles. The molecule has 3 heteroatoms. The molecule has 3 nitrogen and oxygen atoms in total. The van der Waals surface area contributed by atoms with Gasteiger partial charge in [-0.05, 0) is 19.1 Å². The number of carbonyl (C=O) groups excluding carboxylic acids is 1. The Kier molecular flexibility index (Phi) is 1.93. The minimum Gasteiger partial charge on any atom is -0.463 e. The summed E-state index contributed by atoms with van der Waals surface area (Å²) < 4.78 is 5.16. The molecule has 0 fully saturated rings. The van der Waals surface area contributed by atoms with Gasteiger partial charge in [0.15, 0.2) is 11.2 Å². The normalized spacial score (nSPS) is 10.4. The van der Waals surface area contributed by atoms with Gasteiger partial charge >= 0.3 is 0 Å².